The van der Waals surface area contributed by atoms with E-state index in [1.165, 1.54) is 4.31 Å². The third-order valence-corrected chi connectivity index (χ3v) is 7.52. The molecule has 2 aromatic rings. The third-order valence-electron chi connectivity index (χ3n) is 5.65. The number of carbonyl (C=O) groups is 2. The van der Waals surface area contributed by atoms with Crippen molar-refractivity contribution in [3.8, 4) is 0 Å². The highest BCUT2D eigenvalue weighted by atomic mass is 32.2. The summed E-state index contributed by atoms with van der Waals surface area (Å²) in [7, 11) is -3.26. The molecule has 2 heterocycles. The Morgan fingerprint density at radius 3 is 2.27 bits per heavy atom. The van der Waals surface area contributed by atoms with Crippen LogP contribution in [0, 0.1) is 6.92 Å². The number of carbonyl (C=O) groups excluding carboxylic acids is 2. The number of hydrogen-bond donors (Lipinski definition) is 1. The molecule has 2 aliphatic rings. The van der Waals surface area contributed by atoms with Gasteiger partial charge in [-0.1, -0.05) is 12.1 Å². The number of anilines is 2. The van der Waals surface area contributed by atoms with Crippen LogP contribution >= 0.6 is 0 Å². The van der Waals surface area contributed by atoms with Gasteiger partial charge in [0.1, 0.15) is 0 Å². The monoisotopic (exact) mass is 427 g/mol. The molecule has 0 saturated carbocycles. The molecular formula is C22H25N3O4S. The Bertz CT molecular complexity index is 1070. The molecule has 0 aromatic heterocycles. The Balaban J connectivity index is 1.55. The molecule has 1 N–H and O–H groups in total. The molecule has 0 radical (unpaired) electrons. The van der Waals surface area contributed by atoms with Gasteiger partial charge in [-0.25, -0.2) is 8.42 Å². The summed E-state index contributed by atoms with van der Waals surface area (Å²) in [5.41, 5.74) is 2.78. The lowest BCUT2D eigenvalue weighted by Gasteiger charge is -2.20. The van der Waals surface area contributed by atoms with E-state index >= 15 is 0 Å². The molecule has 0 aliphatic carbocycles. The minimum atomic E-state index is -3.26. The topological polar surface area (TPSA) is 86.8 Å². The Hall–Kier alpha value is -2.87. The van der Waals surface area contributed by atoms with Crippen LogP contribution in [0.3, 0.4) is 0 Å². The van der Waals surface area contributed by atoms with Crippen LogP contribution in [-0.4, -0.2) is 50.5 Å². The molecule has 30 heavy (non-hydrogen) atoms. The van der Waals surface area contributed by atoms with Crippen LogP contribution in [0.2, 0.25) is 0 Å². The first-order valence-electron chi connectivity index (χ1n) is 10.2. The van der Waals surface area contributed by atoms with Crippen molar-refractivity contribution in [3.05, 3.63) is 59.2 Å². The van der Waals surface area contributed by atoms with Crippen molar-refractivity contribution >= 4 is 33.2 Å². The fourth-order valence-electron chi connectivity index (χ4n) is 4.00. The van der Waals surface area contributed by atoms with Gasteiger partial charge in [-0.15, -0.1) is 0 Å². The van der Waals surface area contributed by atoms with Crippen LogP contribution in [0.1, 0.15) is 45.5 Å². The fraction of sp³-hybridized carbons (Fsp3) is 0.364. The molecule has 4 rings (SSSR count). The highest BCUT2D eigenvalue weighted by Crippen LogP contribution is 2.26. The molecule has 0 unspecified atom stereocenters. The van der Waals surface area contributed by atoms with Crippen molar-refractivity contribution in [2.24, 2.45) is 0 Å². The highest BCUT2D eigenvalue weighted by Gasteiger charge is 2.28. The average molecular weight is 428 g/mol. The van der Waals surface area contributed by atoms with Gasteiger partial charge in [-0.3, -0.25) is 13.9 Å². The van der Waals surface area contributed by atoms with Crippen LogP contribution in [0.25, 0.3) is 0 Å². The van der Waals surface area contributed by atoms with Crippen molar-refractivity contribution in [1.82, 2.24) is 4.90 Å². The summed E-state index contributed by atoms with van der Waals surface area (Å²) in [6.07, 6.45) is 2.60. The molecule has 2 amide bonds. The fourth-order valence-corrected chi connectivity index (χ4v) is 5.56. The maximum Gasteiger partial charge on any atom is 0.255 e. The van der Waals surface area contributed by atoms with Gasteiger partial charge in [0.05, 0.1) is 22.7 Å². The summed E-state index contributed by atoms with van der Waals surface area (Å²) in [5.74, 6) is -0.257. The number of hydrogen-bond acceptors (Lipinski definition) is 4. The Morgan fingerprint density at radius 1 is 0.933 bits per heavy atom. The van der Waals surface area contributed by atoms with Crippen LogP contribution in [0.4, 0.5) is 11.4 Å². The molecule has 2 saturated heterocycles. The van der Waals surface area contributed by atoms with Crippen molar-refractivity contribution < 1.29 is 18.0 Å². The zero-order chi connectivity index (χ0) is 21.3. The number of amides is 2. The largest absolute Gasteiger partial charge is 0.339 e. The van der Waals surface area contributed by atoms with E-state index in [1.54, 1.807) is 30.3 Å². The molecular weight excluding hydrogens is 402 g/mol. The van der Waals surface area contributed by atoms with Crippen LogP contribution in [0.15, 0.2) is 42.5 Å². The number of para-hydroxylation sites is 1. The quantitative estimate of drug-likeness (QED) is 0.813. The van der Waals surface area contributed by atoms with Crippen LogP contribution in [0.5, 0.6) is 0 Å². The standard InChI is InChI=1S/C22H25N3O4S/c1-16-6-4-7-19(22(27)24-12-2-3-13-24)20(16)23-21(26)17-8-10-18(11-9-17)25-14-5-15-30(25,28)29/h4,6-11H,2-3,5,12-15H2,1H3,(H,23,26). The second kappa shape index (κ2) is 8.10. The Morgan fingerprint density at radius 2 is 1.63 bits per heavy atom. The smallest absolute Gasteiger partial charge is 0.255 e. The molecule has 0 bridgehead atoms. The van der Waals surface area contributed by atoms with Crippen LogP contribution in [-0.2, 0) is 10.0 Å². The minimum absolute atomic E-state index is 0.0684. The third kappa shape index (κ3) is 3.92. The number of likely N-dealkylation sites (tertiary alicyclic amines) is 1. The zero-order valence-corrected chi connectivity index (χ0v) is 17.7. The zero-order valence-electron chi connectivity index (χ0n) is 16.9. The van der Waals surface area contributed by atoms with Gasteiger partial charge >= 0.3 is 0 Å². The summed E-state index contributed by atoms with van der Waals surface area (Å²) in [4.78, 5) is 27.6. The van der Waals surface area contributed by atoms with E-state index < -0.39 is 10.0 Å². The number of nitrogens with one attached hydrogen (secondary N) is 1. The molecule has 2 aromatic carbocycles. The number of rotatable bonds is 4. The Labute approximate surface area is 176 Å². The van der Waals surface area contributed by atoms with Crippen molar-refractivity contribution in [3.63, 3.8) is 0 Å². The normalized spacial score (nSPS) is 17.9. The summed E-state index contributed by atoms with van der Waals surface area (Å²) in [6, 6.07) is 11.9. The summed E-state index contributed by atoms with van der Waals surface area (Å²) in [6.45, 7) is 3.79. The number of aryl methyl sites for hydroxylation is 1. The van der Waals surface area contributed by atoms with Gasteiger partial charge in [0.25, 0.3) is 11.8 Å². The average Bonchev–Trinajstić information content (AvgIpc) is 3.38. The SMILES string of the molecule is Cc1cccc(C(=O)N2CCCC2)c1NC(=O)c1ccc(N2CCCS2(=O)=O)cc1. The molecule has 2 aliphatic heterocycles. The molecule has 0 atom stereocenters. The first kappa shape index (κ1) is 20.4. The maximum atomic E-state index is 12.9. The predicted molar refractivity (Wildman–Crippen MR) is 116 cm³/mol. The van der Waals surface area contributed by atoms with Crippen molar-refractivity contribution in [2.75, 3.05) is 35.0 Å². The lowest BCUT2D eigenvalue weighted by molar-refractivity contribution is 0.0793. The number of benzene rings is 2. The first-order chi connectivity index (χ1) is 14.4. The second-order valence-electron chi connectivity index (χ2n) is 7.74. The summed E-state index contributed by atoms with van der Waals surface area (Å²) < 4.78 is 25.5. The predicted octanol–water partition coefficient (Wildman–Crippen LogP) is 3.02. The van der Waals surface area contributed by atoms with Gasteiger partial charge in [0.2, 0.25) is 10.0 Å². The maximum absolute atomic E-state index is 12.9. The summed E-state index contributed by atoms with van der Waals surface area (Å²) >= 11 is 0. The van der Waals surface area contributed by atoms with Crippen molar-refractivity contribution in [2.45, 2.75) is 26.2 Å². The molecule has 8 heteroatoms. The molecule has 0 spiro atoms. The highest BCUT2D eigenvalue weighted by molar-refractivity contribution is 7.93. The van der Waals surface area contributed by atoms with Gasteiger partial charge in [-0.2, -0.15) is 0 Å². The molecule has 158 valence electrons. The van der Waals surface area contributed by atoms with E-state index in [1.807, 2.05) is 24.0 Å². The van der Waals surface area contributed by atoms with Crippen molar-refractivity contribution in [1.29, 1.82) is 0 Å². The lowest BCUT2D eigenvalue weighted by atomic mass is 10.1. The van der Waals surface area contributed by atoms with E-state index in [-0.39, 0.29) is 17.6 Å². The Kier molecular flexibility index (Phi) is 5.51. The van der Waals surface area contributed by atoms with Gasteiger partial charge < -0.3 is 10.2 Å². The van der Waals surface area contributed by atoms with E-state index in [9.17, 15) is 18.0 Å². The lowest BCUT2D eigenvalue weighted by Crippen LogP contribution is -2.29. The van der Waals surface area contributed by atoms with Gasteiger partial charge in [0.15, 0.2) is 0 Å². The van der Waals surface area contributed by atoms with E-state index in [0.717, 1.165) is 31.5 Å². The number of sulfonamides is 1. The van der Waals surface area contributed by atoms with Gasteiger partial charge in [-0.05, 0) is 62.1 Å². The number of nitrogens with zero attached hydrogens (tertiary/aromatic N) is 2. The molecule has 2 fully saturated rings. The minimum Gasteiger partial charge on any atom is -0.339 e. The van der Waals surface area contributed by atoms with E-state index in [4.69, 9.17) is 0 Å². The van der Waals surface area contributed by atoms with E-state index in [2.05, 4.69) is 5.32 Å². The van der Waals surface area contributed by atoms with Gasteiger partial charge in [0, 0.05) is 25.2 Å². The first-order valence-corrected chi connectivity index (χ1v) is 11.8. The molecule has 7 nitrogen and oxygen atoms in total. The van der Waals surface area contributed by atoms with E-state index in [0.29, 0.717) is 35.5 Å². The van der Waals surface area contributed by atoms with Crippen LogP contribution < -0.4 is 9.62 Å². The second-order valence-corrected chi connectivity index (χ2v) is 9.75. The summed E-state index contributed by atoms with van der Waals surface area (Å²) in [5, 5.41) is 2.89.